The topological polar surface area (TPSA) is 198 Å². The second-order valence-corrected chi connectivity index (χ2v) is 17.0. The third-order valence-electron chi connectivity index (χ3n) is 12.5. The monoisotopic (exact) mass is 893 g/mol. The zero-order valence-corrected chi connectivity index (χ0v) is 36.5. The maximum atomic E-state index is 15.1. The van der Waals surface area contributed by atoms with Gasteiger partial charge in [-0.3, -0.25) is 38.9 Å². The Morgan fingerprint density at radius 1 is 0.879 bits per heavy atom. The highest BCUT2D eigenvalue weighted by atomic mass is 19.1. The molecule has 5 heterocycles. The first kappa shape index (κ1) is 45.3. The Labute approximate surface area is 382 Å². The number of likely N-dealkylation sites (tertiary alicyclic amines) is 1. The number of pyridine rings is 1. The van der Waals surface area contributed by atoms with E-state index < -0.39 is 29.7 Å². The summed E-state index contributed by atoms with van der Waals surface area (Å²) in [6.07, 6.45) is 7.98. The molecule has 66 heavy (non-hydrogen) atoms. The molecule has 0 saturated carbocycles. The molecule has 3 aliphatic heterocycles. The van der Waals surface area contributed by atoms with Gasteiger partial charge in [-0.15, -0.1) is 0 Å². The first-order valence-electron chi connectivity index (χ1n) is 22.3. The van der Waals surface area contributed by atoms with Crippen LogP contribution in [0.15, 0.2) is 104 Å². The van der Waals surface area contributed by atoms with Crippen LogP contribution in [0, 0.1) is 23.1 Å². The van der Waals surface area contributed by atoms with Crippen LogP contribution < -0.4 is 26.2 Å². The van der Waals surface area contributed by atoms with Gasteiger partial charge in [-0.05, 0) is 85.2 Å². The number of amides is 5. The Balaban J connectivity index is 0.755. The molecular weight excluding hydrogens is 842 g/mol. The summed E-state index contributed by atoms with van der Waals surface area (Å²) in [5, 5.41) is 24.6. The van der Waals surface area contributed by atoms with Gasteiger partial charge in [-0.1, -0.05) is 42.5 Å². The van der Waals surface area contributed by atoms with E-state index in [9.17, 15) is 24.0 Å². The third-order valence-corrected chi connectivity index (χ3v) is 12.5. The van der Waals surface area contributed by atoms with Crippen molar-refractivity contribution in [2.24, 2.45) is 5.92 Å². The number of piperidine rings is 2. The van der Waals surface area contributed by atoms with Crippen LogP contribution in [0.3, 0.4) is 0 Å². The second-order valence-electron chi connectivity index (χ2n) is 17.0. The Bertz CT molecular complexity index is 2560. The smallest absolute Gasteiger partial charge is 0.254 e. The lowest BCUT2D eigenvalue weighted by atomic mass is 9.96. The number of aromatic nitrogens is 3. The van der Waals surface area contributed by atoms with E-state index in [2.05, 4.69) is 47.2 Å². The summed E-state index contributed by atoms with van der Waals surface area (Å²) in [6.45, 7) is 5.97. The van der Waals surface area contributed by atoms with Gasteiger partial charge in [-0.25, -0.2) is 9.37 Å². The Hall–Kier alpha value is -7.29. The normalized spacial score (nSPS) is 17.4. The van der Waals surface area contributed by atoms with Crippen molar-refractivity contribution in [1.82, 2.24) is 40.5 Å². The van der Waals surface area contributed by atoms with Crippen LogP contribution in [-0.4, -0.2) is 113 Å². The molecule has 0 radical (unpaired) electrons. The van der Waals surface area contributed by atoms with Crippen molar-refractivity contribution < 1.29 is 28.4 Å². The van der Waals surface area contributed by atoms with E-state index in [0.717, 1.165) is 54.7 Å². The van der Waals surface area contributed by atoms with Crippen molar-refractivity contribution in [3.63, 3.8) is 0 Å². The number of rotatable bonds is 15. The maximum Gasteiger partial charge on any atom is 0.254 e. The minimum Gasteiger partial charge on any atom is -0.369 e. The predicted molar refractivity (Wildman–Crippen MR) is 244 cm³/mol. The van der Waals surface area contributed by atoms with Crippen LogP contribution in [-0.2, 0) is 32.1 Å². The fourth-order valence-corrected chi connectivity index (χ4v) is 8.66. The second kappa shape index (κ2) is 21.1. The fourth-order valence-electron chi connectivity index (χ4n) is 8.66. The molecule has 3 fully saturated rings. The summed E-state index contributed by atoms with van der Waals surface area (Å²) in [7, 11) is 0. The van der Waals surface area contributed by atoms with Gasteiger partial charge in [-0.2, -0.15) is 10.4 Å². The van der Waals surface area contributed by atoms with E-state index in [0.29, 0.717) is 62.1 Å². The number of carbonyl (C=O) groups is 5. The lowest BCUT2D eigenvalue weighted by Gasteiger charge is -2.39. The first-order valence-corrected chi connectivity index (χ1v) is 22.3. The van der Waals surface area contributed by atoms with Gasteiger partial charge in [0.2, 0.25) is 23.6 Å². The van der Waals surface area contributed by atoms with E-state index in [4.69, 9.17) is 5.26 Å². The SMILES string of the molecule is N#Cc1ccc(CCNC(C(=O)Nc2ccc(-c3cnn(CC(=O)N4CCC(CN5CCN(c6ccc(C(=O)NC7CCC(=O)NC7=O)c(F)c6)CC5)CC4)c3)cn2)c2ccccc2)cc1. The van der Waals surface area contributed by atoms with Gasteiger partial charge in [0.1, 0.15) is 30.3 Å². The van der Waals surface area contributed by atoms with Gasteiger partial charge in [0, 0.05) is 88.0 Å². The zero-order chi connectivity index (χ0) is 46.0. The van der Waals surface area contributed by atoms with Crippen LogP contribution >= 0.6 is 0 Å². The molecule has 8 rings (SSSR count). The van der Waals surface area contributed by atoms with Crippen molar-refractivity contribution >= 4 is 41.0 Å². The molecule has 5 amide bonds. The molecule has 17 heteroatoms. The molecule has 0 bridgehead atoms. The molecule has 3 aliphatic rings. The number of carbonyl (C=O) groups excluding carboxylic acids is 5. The van der Waals surface area contributed by atoms with Crippen molar-refractivity contribution in [1.29, 1.82) is 5.26 Å². The van der Waals surface area contributed by atoms with Crippen LogP contribution in [0.5, 0.6) is 0 Å². The Morgan fingerprint density at radius 3 is 2.35 bits per heavy atom. The minimum atomic E-state index is -0.879. The van der Waals surface area contributed by atoms with Crippen LogP contribution in [0.1, 0.15) is 58.8 Å². The van der Waals surface area contributed by atoms with E-state index in [1.54, 1.807) is 41.3 Å². The van der Waals surface area contributed by atoms with Crippen molar-refractivity contribution in [3.8, 4) is 17.2 Å². The highest BCUT2D eigenvalue weighted by Crippen LogP contribution is 2.25. The summed E-state index contributed by atoms with van der Waals surface area (Å²) in [4.78, 5) is 74.0. The number of nitrogens with zero attached hydrogens (tertiary/aromatic N) is 7. The number of nitriles is 1. The molecule has 5 aromatic rings. The van der Waals surface area contributed by atoms with Crippen molar-refractivity contribution in [2.75, 3.05) is 62.6 Å². The molecule has 0 aliphatic carbocycles. The summed E-state index contributed by atoms with van der Waals surface area (Å²) >= 11 is 0. The standard InChI is InChI=1S/C49H52FN11O5/c50-41-26-39(11-12-40(41)47(64)55-42-13-15-44(62)57-48(42)65)59-24-22-58(23-25-59)30-35-17-20-60(21-18-35)45(63)32-61-31-38(29-54-61)37-10-14-43(53-28-37)56-49(66)46(36-4-2-1-3-5-36)52-19-16-33-6-8-34(27-51)9-7-33/h1-12,14,26,28-29,31,35,42,46,52H,13,15-25,30,32H2,(H,55,64)(H,53,56,66)(H,57,62,65). The quantitative estimate of drug-likeness (QED) is 0.111. The molecular formula is C49H52FN11O5. The van der Waals surface area contributed by atoms with E-state index in [1.807, 2.05) is 59.6 Å². The predicted octanol–water partition coefficient (Wildman–Crippen LogP) is 4.06. The molecule has 3 saturated heterocycles. The highest BCUT2D eigenvalue weighted by molar-refractivity contribution is 6.04. The Morgan fingerprint density at radius 2 is 1.65 bits per heavy atom. The van der Waals surface area contributed by atoms with Crippen LogP contribution in [0.25, 0.3) is 11.1 Å². The number of nitrogens with one attached hydrogen (secondary N) is 4. The summed E-state index contributed by atoms with van der Waals surface area (Å²) in [5.74, 6) is -1.71. The third kappa shape index (κ3) is 11.5. The van der Waals surface area contributed by atoms with E-state index >= 15 is 4.39 Å². The molecule has 4 N–H and O–H groups in total. The molecule has 0 spiro atoms. The summed E-state index contributed by atoms with van der Waals surface area (Å²) < 4.78 is 16.7. The number of benzene rings is 3. The molecule has 340 valence electrons. The van der Waals surface area contributed by atoms with Gasteiger partial charge < -0.3 is 25.8 Å². The molecule has 3 aromatic carbocycles. The molecule has 2 atom stereocenters. The molecule has 16 nitrogen and oxygen atoms in total. The lowest BCUT2D eigenvalue weighted by molar-refractivity contribution is -0.135. The van der Waals surface area contributed by atoms with E-state index in [-0.39, 0.29) is 42.7 Å². The Kier molecular flexibility index (Phi) is 14.5. The number of piperazine rings is 1. The highest BCUT2D eigenvalue weighted by Gasteiger charge is 2.30. The van der Waals surface area contributed by atoms with Gasteiger partial charge in [0.25, 0.3) is 5.91 Å². The molecule has 2 aromatic heterocycles. The molecule has 2 unspecified atom stereocenters. The van der Waals surface area contributed by atoms with Gasteiger partial charge in [0.05, 0.1) is 23.4 Å². The number of imide groups is 1. The average Bonchev–Trinajstić information content (AvgIpc) is 3.80. The number of anilines is 2. The average molecular weight is 894 g/mol. The van der Waals surface area contributed by atoms with Crippen molar-refractivity contribution in [3.05, 3.63) is 132 Å². The van der Waals surface area contributed by atoms with Crippen molar-refractivity contribution in [2.45, 2.75) is 50.7 Å². The number of halogens is 1. The van der Waals surface area contributed by atoms with E-state index in [1.165, 1.54) is 12.1 Å². The first-order chi connectivity index (χ1) is 32.1. The number of hydrogen-bond donors (Lipinski definition) is 4. The van der Waals surface area contributed by atoms with Crippen LogP contribution in [0.2, 0.25) is 0 Å². The van der Waals surface area contributed by atoms with Gasteiger partial charge in [0.15, 0.2) is 0 Å². The van der Waals surface area contributed by atoms with Crippen LogP contribution in [0.4, 0.5) is 15.9 Å². The van der Waals surface area contributed by atoms with Gasteiger partial charge >= 0.3 is 0 Å². The minimum absolute atomic E-state index is 0.0121. The summed E-state index contributed by atoms with van der Waals surface area (Å²) in [6, 6.07) is 25.7. The summed E-state index contributed by atoms with van der Waals surface area (Å²) in [5.41, 5.74) is 4.63. The zero-order valence-electron chi connectivity index (χ0n) is 36.5. The largest absolute Gasteiger partial charge is 0.369 e. The lowest BCUT2D eigenvalue weighted by Crippen LogP contribution is -2.52. The fraction of sp³-hybridized carbons (Fsp3) is 0.347. The number of hydrogen-bond acceptors (Lipinski definition) is 11. The maximum absolute atomic E-state index is 15.1.